The summed E-state index contributed by atoms with van der Waals surface area (Å²) >= 11 is 0. The van der Waals surface area contributed by atoms with Gasteiger partial charge in [0.05, 0.1) is 0 Å². The number of amides is 1. The van der Waals surface area contributed by atoms with Crippen LogP contribution < -0.4 is 5.32 Å². The Morgan fingerprint density at radius 2 is 2.13 bits per heavy atom. The zero-order valence-electron chi connectivity index (χ0n) is 9.88. The Morgan fingerprint density at radius 3 is 2.67 bits per heavy atom. The molecule has 0 radical (unpaired) electrons. The zero-order chi connectivity index (χ0) is 11.5. The molecular formula is C12H21NO2. The topological polar surface area (TPSA) is 38.3 Å². The van der Waals surface area contributed by atoms with Gasteiger partial charge < -0.3 is 10.1 Å². The molecule has 0 saturated heterocycles. The van der Waals surface area contributed by atoms with Crippen molar-refractivity contribution in [3.05, 3.63) is 23.8 Å². The first-order chi connectivity index (χ1) is 7.24. The number of hydrogen-bond acceptors (Lipinski definition) is 2. The van der Waals surface area contributed by atoms with Gasteiger partial charge in [-0.15, -0.1) is 0 Å². The molecule has 0 aromatic heterocycles. The SMILES string of the molecule is C/C=C\C(=C/CC)COC(=O)NCCC. The summed E-state index contributed by atoms with van der Waals surface area (Å²) in [7, 11) is 0. The van der Waals surface area contributed by atoms with E-state index >= 15 is 0 Å². The average Bonchev–Trinajstić information content (AvgIpc) is 2.23. The molecule has 0 aromatic carbocycles. The Balaban J connectivity index is 3.89. The summed E-state index contributed by atoms with van der Waals surface area (Å²) in [6.45, 7) is 7.01. The van der Waals surface area contributed by atoms with Crippen molar-refractivity contribution in [1.29, 1.82) is 0 Å². The van der Waals surface area contributed by atoms with E-state index in [1.54, 1.807) is 0 Å². The van der Waals surface area contributed by atoms with Crippen LogP contribution in [0.4, 0.5) is 4.79 Å². The van der Waals surface area contributed by atoms with E-state index in [1.165, 1.54) is 0 Å². The predicted molar refractivity (Wildman–Crippen MR) is 62.8 cm³/mol. The highest BCUT2D eigenvalue weighted by atomic mass is 16.5. The fourth-order valence-corrected chi connectivity index (χ4v) is 1.08. The second-order valence-corrected chi connectivity index (χ2v) is 3.19. The predicted octanol–water partition coefficient (Wildman–Crippen LogP) is 3.04. The third kappa shape index (κ3) is 7.79. The molecule has 0 heterocycles. The lowest BCUT2D eigenvalue weighted by atomic mass is 10.2. The van der Waals surface area contributed by atoms with E-state index in [2.05, 4.69) is 12.2 Å². The lowest BCUT2D eigenvalue weighted by Crippen LogP contribution is -2.25. The van der Waals surface area contributed by atoms with Crippen molar-refractivity contribution in [2.75, 3.05) is 13.2 Å². The van der Waals surface area contributed by atoms with Crippen LogP contribution in [0.1, 0.15) is 33.6 Å². The van der Waals surface area contributed by atoms with Crippen LogP contribution in [-0.4, -0.2) is 19.2 Å². The molecule has 0 aromatic rings. The molecule has 0 rings (SSSR count). The van der Waals surface area contributed by atoms with E-state index in [-0.39, 0.29) is 6.09 Å². The maximum atomic E-state index is 11.1. The summed E-state index contributed by atoms with van der Waals surface area (Å²) in [5.41, 5.74) is 1.03. The van der Waals surface area contributed by atoms with E-state index < -0.39 is 0 Å². The number of alkyl carbamates (subject to hydrolysis) is 1. The highest BCUT2D eigenvalue weighted by molar-refractivity contribution is 5.67. The van der Waals surface area contributed by atoms with Crippen LogP contribution >= 0.6 is 0 Å². The molecule has 0 bridgehead atoms. The molecule has 0 fully saturated rings. The Hall–Kier alpha value is -1.25. The highest BCUT2D eigenvalue weighted by Gasteiger charge is 2.00. The Bertz CT molecular complexity index is 232. The van der Waals surface area contributed by atoms with Crippen molar-refractivity contribution < 1.29 is 9.53 Å². The first kappa shape index (κ1) is 13.8. The first-order valence-corrected chi connectivity index (χ1v) is 5.46. The molecule has 0 aliphatic heterocycles. The quantitative estimate of drug-likeness (QED) is 0.686. The van der Waals surface area contributed by atoms with Crippen LogP contribution in [0.15, 0.2) is 23.8 Å². The largest absolute Gasteiger partial charge is 0.445 e. The van der Waals surface area contributed by atoms with Crippen molar-refractivity contribution in [3.8, 4) is 0 Å². The summed E-state index contributed by atoms with van der Waals surface area (Å²) in [5, 5.41) is 2.66. The minimum Gasteiger partial charge on any atom is -0.445 e. The van der Waals surface area contributed by atoms with Gasteiger partial charge in [0.2, 0.25) is 0 Å². The van der Waals surface area contributed by atoms with Crippen molar-refractivity contribution in [1.82, 2.24) is 5.32 Å². The highest BCUT2D eigenvalue weighted by Crippen LogP contribution is 2.00. The molecule has 15 heavy (non-hydrogen) atoms. The minimum atomic E-state index is -0.344. The average molecular weight is 211 g/mol. The number of rotatable bonds is 6. The third-order valence-corrected chi connectivity index (χ3v) is 1.74. The Labute approximate surface area is 92.2 Å². The maximum absolute atomic E-state index is 11.1. The van der Waals surface area contributed by atoms with Gasteiger partial charge in [-0.25, -0.2) is 4.79 Å². The molecule has 0 aliphatic carbocycles. The normalized spacial score (nSPS) is 11.8. The molecule has 0 aliphatic rings. The Morgan fingerprint density at radius 1 is 1.40 bits per heavy atom. The fraction of sp³-hybridized carbons (Fsp3) is 0.583. The first-order valence-electron chi connectivity index (χ1n) is 5.46. The number of carbonyl (C=O) groups is 1. The van der Waals surface area contributed by atoms with Crippen molar-refractivity contribution in [2.24, 2.45) is 0 Å². The fourth-order valence-electron chi connectivity index (χ4n) is 1.08. The number of nitrogens with one attached hydrogen (secondary N) is 1. The number of hydrogen-bond donors (Lipinski definition) is 1. The van der Waals surface area contributed by atoms with Gasteiger partial charge in [0.1, 0.15) is 6.61 Å². The molecule has 0 saturated carbocycles. The number of ether oxygens (including phenoxy) is 1. The second kappa shape index (κ2) is 9.31. The van der Waals surface area contributed by atoms with Crippen LogP contribution in [-0.2, 0) is 4.74 Å². The maximum Gasteiger partial charge on any atom is 0.407 e. The van der Waals surface area contributed by atoms with Gasteiger partial charge in [0.25, 0.3) is 0 Å². The van der Waals surface area contributed by atoms with Gasteiger partial charge in [0, 0.05) is 6.54 Å². The Kier molecular flexibility index (Phi) is 8.53. The molecule has 0 unspecified atom stereocenters. The van der Waals surface area contributed by atoms with Crippen LogP contribution in [0.25, 0.3) is 0 Å². The van der Waals surface area contributed by atoms with Crippen molar-refractivity contribution in [3.63, 3.8) is 0 Å². The van der Waals surface area contributed by atoms with Gasteiger partial charge in [-0.3, -0.25) is 0 Å². The van der Waals surface area contributed by atoms with Crippen molar-refractivity contribution >= 4 is 6.09 Å². The standard InChI is InChI=1S/C12H21NO2/c1-4-7-11(8-5-2)10-15-12(14)13-9-6-3/h4,7-8H,5-6,9-10H2,1-3H3,(H,13,14)/b7-4-,11-8+. The molecular weight excluding hydrogens is 190 g/mol. The summed E-state index contributed by atoms with van der Waals surface area (Å²) in [4.78, 5) is 11.1. The molecule has 86 valence electrons. The summed E-state index contributed by atoms with van der Waals surface area (Å²) in [6, 6.07) is 0. The van der Waals surface area contributed by atoms with Gasteiger partial charge in [0.15, 0.2) is 0 Å². The van der Waals surface area contributed by atoms with Gasteiger partial charge in [-0.2, -0.15) is 0 Å². The molecule has 1 amide bonds. The zero-order valence-corrected chi connectivity index (χ0v) is 9.88. The van der Waals surface area contributed by atoms with E-state index in [0.717, 1.165) is 18.4 Å². The van der Waals surface area contributed by atoms with Crippen molar-refractivity contribution in [2.45, 2.75) is 33.6 Å². The molecule has 1 N–H and O–H groups in total. The number of allylic oxidation sites excluding steroid dienone is 2. The lowest BCUT2D eigenvalue weighted by Gasteiger charge is -2.06. The molecule has 0 atom stereocenters. The van der Waals surface area contributed by atoms with Crippen LogP contribution in [0.5, 0.6) is 0 Å². The second-order valence-electron chi connectivity index (χ2n) is 3.19. The van der Waals surface area contributed by atoms with Crippen LogP contribution in [0.3, 0.4) is 0 Å². The van der Waals surface area contributed by atoms with E-state index in [9.17, 15) is 4.79 Å². The van der Waals surface area contributed by atoms with E-state index in [1.807, 2.05) is 32.1 Å². The smallest absolute Gasteiger partial charge is 0.407 e. The van der Waals surface area contributed by atoms with Gasteiger partial charge >= 0.3 is 6.09 Å². The summed E-state index contributed by atoms with van der Waals surface area (Å²) in [6.07, 6.45) is 7.46. The molecule has 3 heteroatoms. The van der Waals surface area contributed by atoms with E-state index in [4.69, 9.17) is 4.74 Å². The third-order valence-electron chi connectivity index (χ3n) is 1.74. The monoisotopic (exact) mass is 211 g/mol. The minimum absolute atomic E-state index is 0.341. The van der Waals surface area contributed by atoms with Crippen LogP contribution in [0, 0.1) is 0 Å². The van der Waals surface area contributed by atoms with E-state index in [0.29, 0.717) is 13.2 Å². The number of carbonyl (C=O) groups excluding carboxylic acids is 1. The van der Waals surface area contributed by atoms with Gasteiger partial charge in [-0.05, 0) is 25.3 Å². The molecule has 3 nitrogen and oxygen atoms in total. The molecule has 0 spiro atoms. The van der Waals surface area contributed by atoms with Crippen LogP contribution in [0.2, 0.25) is 0 Å². The van der Waals surface area contributed by atoms with Gasteiger partial charge in [-0.1, -0.05) is 32.1 Å². The summed E-state index contributed by atoms with van der Waals surface area (Å²) in [5.74, 6) is 0. The lowest BCUT2D eigenvalue weighted by molar-refractivity contribution is 0.156. The summed E-state index contributed by atoms with van der Waals surface area (Å²) < 4.78 is 5.04.